The molecular weight excluding hydrogens is 380 g/mol. The molecule has 2 amide bonds. The average molecular weight is 404 g/mol. The van der Waals surface area contributed by atoms with E-state index < -0.39 is 6.10 Å². The van der Waals surface area contributed by atoms with Gasteiger partial charge in [-0.05, 0) is 17.5 Å². The number of hydrogen-bond donors (Lipinski definition) is 2. The lowest BCUT2D eigenvalue weighted by Crippen LogP contribution is -2.33. The van der Waals surface area contributed by atoms with Crippen LogP contribution in [0.1, 0.15) is 32.1 Å². The number of aliphatic hydroxyl groups is 1. The van der Waals surface area contributed by atoms with E-state index in [9.17, 15) is 14.7 Å². The summed E-state index contributed by atoms with van der Waals surface area (Å²) in [5.41, 5.74) is 2.66. The molecule has 1 atom stereocenters. The predicted octanol–water partition coefficient (Wildman–Crippen LogP) is 1.87. The third kappa shape index (κ3) is 4.58. The Kier molecular flexibility index (Phi) is 5.90. The molecule has 2 aromatic carbocycles. The molecule has 0 unspecified atom stereocenters. The van der Waals surface area contributed by atoms with Gasteiger partial charge in [0.15, 0.2) is 5.69 Å². The van der Waals surface area contributed by atoms with Crippen molar-refractivity contribution in [1.82, 2.24) is 20.0 Å². The highest BCUT2D eigenvalue weighted by Gasteiger charge is 2.26. The molecule has 0 saturated carbocycles. The van der Waals surface area contributed by atoms with Crippen molar-refractivity contribution in [2.45, 2.75) is 25.6 Å². The number of rotatable bonds is 6. The molecule has 2 heterocycles. The summed E-state index contributed by atoms with van der Waals surface area (Å²) < 4.78 is 1.41. The number of fused-ring (bicyclic) bond motifs is 1. The highest BCUT2D eigenvalue weighted by Crippen LogP contribution is 2.14. The Morgan fingerprint density at radius 3 is 2.47 bits per heavy atom. The van der Waals surface area contributed by atoms with Crippen molar-refractivity contribution in [3.05, 3.63) is 89.2 Å². The van der Waals surface area contributed by atoms with Gasteiger partial charge in [0.05, 0.1) is 12.6 Å². The first-order chi connectivity index (χ1) is 14.6. The van der Waals surface area contributed by atoms with E-state index in [-0.39, 0.29) is 36.3 Å². The Bertz CT molecular complexity index is 1020. The van der Waals surface area contributed by atoms with Crippen LogP contribution in [0.4, 0.5) is 0 Å². The summed E-state index contributed by atoms with van der Waals surface area (Å²) in [6.07, 6.45) is -0.0248. The lowest BCUT2D eigenvalue weighted by atomic mass is 10.1. The molecule has 0 radical (unpaired) electrons. The number of benzene rings is 2. The van der Waals surface area contributed by atoms with Crippen LogP contribution in [0.3, 0.4) is 0 Å². The van der Waals surface area contributed by atoms with E-state index in [2.05, 4.69) is 10.4 Å². The Balaban J connectivity index is 1.58. The van der Waals surface area contributed by atoms with E-state index in [1.165, 1.54) is 10.7 Å². The number of nitrogens with zero attached hydrogens (tertiary/aromatic N) is 3. The number of aromatic nitrogens is 2. The maximum Gasteiger partial charge on any atom is 0.274 e. The molecule has 0 bridgehead atoms. The Labute approximate surface area is 174 Å². The number of carbonyl (C=O) groups excluding carboxylic acids is 2. The molecular formula is C23H24N4O3. The fourth-order valence-corrected chi connectivity index (χ4v) is 3.54. The van der Waals surface area contributed by atoms with Crippen molar-refractivity contribution in [2.75, 3.05) is 13.1 Å². The minimum atomic E-state index is -0.739. The predicted molar refractivity (Wildman–Crippen MR) is 112 cm³/mol. The molecule has 0 fully saturated rings. The second-order valence-electron chi connectivity index (χ2n) is 7.41. The Morgan fingerprint density at radius 1 is 1.10 bits per heavy atom. The topological polar surface area (TPSA) is 87.5 Å². The number of nitrogens with one attached hydrogen (secondary N) is 1. The van der Waals surface area contributed by atoms with Crippen LogP contribution >= 0.6 is 0 Å². The van der Waals surface area contributed by atoms with Crippen LogP contribution < -0.4 is 5.32 Å². The maximum atomic E-state index is 13.3. The van der Waals surface area contributed by atoms with Gasteiger partial charge in [-0.3, -0.25) is 14.3 Å². The summed E-state index contributed by atoms with van der Waals surface area (Å²) >= 11 is 0. The monoisotopic (exact) mass is 404 g/mol. The van der Waals surface area contributed by atoms with E-state index in [0.717, 1.165) is 11.1 Å². The van der Waals surface area contributed by atoms with Gasteiger partial charge in [-0.25, -0.2) is 0 Å². The van der Waals surface area contributed by atoms with Gasteiger partial charge in [0.1, 0.15) is 5.69 Å². The largest absolute Gasteiger partial charge is 0.389 e. The summed E-state index contributed by atoms with van der Waals surface area (Å²) in [6.45, 7) is 1.31. The summed E-state index contributed by atoms with van der Waals surface area (Å²) in [6, 6.07) is 21.3. The molecule has 1 aromatic heterocycles. The minimum absolute atomic E-state index is 0.169. The van der Waals surface area contributed by atoms with Crippen LogP contribution in [0.15, 0.2) is 66.7 Å². The molecule has 0 aliphatic carbocycles. The van der Waals surface area contributed by atoms with Crippen LogP contribution in [-0.4, -0.2) is 50.8 Å². The third-order valence-corrected chi connectivity index (χ3v) is 5.13. The molecule has 7 heteroatoms. The van der Waals surface area contributed by atoms with Crippen molar-refractivity contribution in [2.24, 2.45) is 0 Å². The van der Waals surface area contributed by atoms with E-state index in [4.69, 9.17) is 0 Å². The van der Waals surface area contributed by atoms with Crippen molar-refractivity contribution in [3.8, 4) is 0 Å². The van der Waals surface area contributed by atoms with Gasteiger partial charge in [-0.2, -0.15) is 5.10 Å². The zero-order valence-corrected chi connectivity index (χ0v) is 16.6. The summed E-state index contributed by atoms with van der Waals surface area (Å²) in [4.78, 5) is 27.3. The highest BCUT2D eigenvalue weighted by molar-refractivity contribution is 5.98. The van der Waals surface area contributed by atoms with Crippen molar-refractivity contribution in [1.29, 1.82) is 0 Å². The van der Waals surface area contributed by atoms with Gasteiger partial charge in [-0.15, -0.1) is 0 Å². The first-order valence-corrected chi connectivity index (χ1v) is 10.0. The SMILES string of the molecule is O=C1NC[C@H](O)Cn2nc(C(=O)N(CCc3ccccc3)Cc3ccccc3)cc21. The lowest BCUT2D eigenvalue weighted by molar-refractivity contribution is 0.0736. The molecule has 0 saturated heterocycles. The smallest absolute Gasteiger partial charge is 0.274 e. The molecule has 154 valence electrons. The zero-order chi connectivity index (χ0) is 20.9. The third-order valence-electron chi connectivity index (χ3n) is 5.13. The van der Waals surface area contributed by atoms with Crippen molar-refractivity contribution >= 4 is 11.8 Å². The first-order valence-electron chi connectivity index (χ1n) is 10.0. The maximum absolute atomic E-state index is 13.3. The van der Waals surface area contributed by atoms with Gasteiger partial charge >= 0.3 is 0 Å². The van der Waals surface area contributed by atoms with Crippen LogP contribution in [0.2, 0.25) is 0 Å². The molecule has 1 aliphatic heterocycles. The van der Waals surface area contributed by atoms with Gasteiger partial charge in [0.2, 0.25) is 0 Å². The van der Waals surface area contributed by atoms with E-state index in [0.29, 0.717) is 19.5 Å². The van der Waals surface area contributed by atoms with Gasteiger partial charge in [0.25, 0.3) is 11.8 Å². The fourth-order valence-electron chi connectivity index (χ4n) is 3.54. The number of hydrogen-bond acceptors (Lipinski definition) is 4. The molecule has 4 rings (SSSR count). The van der Waals surface area contributed by atoms with Crippen LogP contribution in [0, 0.1) is 0 Å². The van der Waals surface area contributed by atoms with Gasteiger partial charge in [-0.1, -0.05) is 60.7 Å². The quantitative estimate of drug-likeness (QED) is 0.657. The number of β-amino-alcohol motifs (C(OH)–C–C–N with tert-alkyl or cyclic N) is 1. The summed E-state index contributed by atoms with van der Waals surface area (Å²) in [5, 5.41) is 16.9. The standard InChI is InChI=1S/C23H24N4O3/c28-19-14-24-22(29)21-13-20(25-27(21)16-19)23(30)26(15-18-9-5-2-6-10-18)12-11-17-7-3-1-4-8-17/h1-10,13,19,28H,11-12,14-16H2,(H,24,29)/t19-/m0/s1. The molecule has 0 spiro atoms. The molecule has 7 nitrogen and oxygen atoms in total. The average Bonchev–Trinajstić information content (AvgIpc) is 3.14. The molecule has 3 aromatic rings. The van der Waals surface area contributed by atoms with Gasteiger partial charge in [0, 0.05) is 25.7 Å². The lowest BCUT2D eigenvalue weighted by Gasteiger charge is -2.22. The van der Waals surface area contributed by atoms with Crippen LogP contribution in [0.25, 0.3) is 0 Å². The zero-order valence-electron chi connectivity index (χ0n) is 16.6. The fraction of sp³-hybridized carbons (Fsp3) is 0.261. The number of aliphatic hydroxyl groups excluding tert-OH is 1. The van der Waals surface area contributed by atoms with Gasteiger partial charge < -0.3 is 15.3 Å². The highest BCUT2D eigenvalue weighted by atomic mass is 16.3. The summed E-state index contributed by atoms with van der Waals surface area (Å²) in [7, 11) is 0. The van der Waals surface area contributed by atoms with Crippen molar-refractivity contribution in [3.63, 3.8) is 0 Å². The van der Waals surface area contributed by atoms with Crippen LogP contribution in [0.5, 0.6) is 0 Å². The normalized spacial score (nSPS) is 15.8. The van der Waals surface area contributed by atoms with E-state index in [1.54, 1.807) is 4.90 Å². The number of amides is 2. The molecule has 1 aliphatic rings. The first kappa shape index (κ1) is 19.8. The minimum Gasteiger partial charge on any atom is -0.389 e. The number of carbonyl (C=O) groups is 2. The summed E-state index contributed by atoms with van der Waals surface area (Å²) in [5.74, 6) is -0.574. The van der Waals surface area contributed by atoms with E-state index >= 15 is 0 Å². The second kappa shape index (κ2) is 8.92. The Hall–Kier alpha value is -3.45. The van der Waals surface area contributed by atoms with E-state index in [1.807, 2.05) is 60.7 Å². The molecule has 2 N–H and O–H groups in total. The van der Waals surface area contributed by atoms with Crippen molar-refractivity contribution < 1.29 is 14.7 Å². The Morgan fingerprint density at radius 2 is 1.77 bits per heavy atom. The molecule has 30 heavy (non-hydrogen) atoms. The second-order valence-corrected chi connectivity index (χ2v) is 7.41. The van der Waals surface area contributed by atoms with Crippen LogP contribution in [-0.2, 0) is 19.5 Å².